The van der Waals surface area contributed by atoms with Crippen molar-refractivity contribution in [1.29, 1.82) is 0 Å². The monoisotopic (exact) mass is 381 g/mol. The molecule has 2 aromatic heterocycles. The first kappa shape index (κ1) is 19.8. The molecular weight excluding hydrogens is 354 g/mol. The molecule has 1 N–H and O–H groups in total. The Labute approximate surface area is 165 Å². The Morgan fingerprint density at radius 1 is 1.18 bits per heavy atom. The van der Waals surface area contributed by atoms with Crippen molar-refractivity contribution in [2.24, 2.45) is 0 Å². The summed E-state index contributed by atoms with van der Waals surface area (Å²) in [5.41, 5.74) is 2.39. The number of pyridine rings is 2. The van der Waals surface area contributed by atoms with Crippen molar-refractivity contribution in [3.8, 4) is 0 Å². The van der Waals surface area contributed by atoms with E-state index in [1.807, 2.05) is 25.1 Å². The SMILES string of the molecule is Cc1cc(C(=O)N2CCCCc3cccc(n3)NCCN(C)C(=O)C2)ccn1. The highest BCUT2D eigenvalue weighted by molar-refractivity contribution is 5.96. The van der Waals surface area contributed by atoms with E-state index in [-0.39, 0.29) is 18.4 Å². The quantitative estimate of drug-likeness (QED) is 0.819. The summed E-state index contributed by atoms with van der Waals surface area (Å²) in [6.07, 6.45) is 4.19. The molecule has 0 saturated heterocycles. The van der Waals surface area contributed by atoms with Crippen LogP contribution < -0.4 is 5.32 Å². The van der Waals surface area contributed by atoms with E-state index in [4.69, 9.17) is 0 Å². The third-order valence-corrected chi connectivity index (χ3v) is 4.85. The van der Waals surface area contributed by atoms with Gasteiger partial charge in [0.2, 0.25) is 5.91 Å². The van der Waals surface area contributed by atoms with Gasteiger partial charge < -0.3 is 15.1 Å². The molecule has 1 aliphatic heterocycles. The van der Waals surface area contributed by atoms with Gasteiger partial charge in [0.05, 0.1) is 0 Å². The maximum absolute atomic E-state index is 13.0. The van der Waals surface area contributed by atoms with Crippen molar-refractivity contribution in [2.45, 2.75) is 26.2 Å². The Balaban J connectivity index is 1.76. The maximum Gasteiger partial charge on any atom is 0.254 e. The van der Waals surface area contributed by atoms with E-state index in [1.165, 1.54) is 0 Å². The lowest BCUT2D eigenvalue weighted by molar-refractivity contribution is -0.130. The first-order chi connectivity index (χ1) is 13.5. The number of hydrogen-bond donors (Lipinski definition) is 1. The minimum Gasteiger partial charge on any atom is -0.368 e. The molecule has 0 atom stereocenters. The lowest BCUT2D eigenvalue weighted by atomic mass is 10.1. The number of carbonyl (C=O) groups excluding carboxylic acids is 2. The van der Waals surface area contributed by atoms with Gasteiger partial charge >= 0.3 is 0 Å². The second-order valence-corrected chi connectivity index (χ2v) is 7.13. The van der Waals surface area contributed by atoms with Gasteiger partial charge in [0.15, 0.2) is 0 Å². The number of anilines is 1. The first-order valence-electron chi connectivity index (χ1n) is 9.68. The zero-order valence-electron chi connectivity index (χ0n) is 16.5. The van der Waals surface area contributed by atoms with Crippen LogP contribution in [0.25, 0.3) is 0 Å². The number of carbonyl (C=O) groups is 2. The van der Waals surface area contributed by atoms with Gasteiger partial charge in [-0.3, -0.25) is 14.6 Å². The molecule has 28 heavy (non-hydrogen) atoms. The van der Waals surface area contributed by atoms with E-state index >= 15 is 0 Å². The predicted octanol–water partition coefficient (Wildman–Crippen LogP) is 2.13. The normalized spacial score (nSPS) is 16.3. The van der Waals surface area contributed by atoms with Crippen molar-refractivity contribution < 1.29 is 9.59 Å². The van der Waals surface area contributed by atoms with E-state index in [9.17, 15) is 9.59 Å². The Morgan fingerprint density at radius 2 is 2.04 bits per heavy atom. The number of nitrogens with one attached hydrogen (secondary N) is 1. The third-order valence-electron chi connectivity index (χ3n) is 4.85. The fourth-order valence-corrected chi connectivity index (χ4v) is 3.20. The van der Waals surface area contributed by atoms with Gasteiger partial charge in [-0.2, -0.15) is 0 Å². The van der Waals surface area contributed by atoms with Gasteiger partial charge in [-0.05, 0) is 50.5 Å². The minimum atomic E-state index is -0.127. The highest BCUT2D eigenvalue weighted by Crippen LogP contribution is 2.11. The van der Waals surface area contributed by atoms with Gasteiger partial charge in [0.25, 0.3) is 5.91 Å². The summed E-state index contributed by atoms with van der Waals surface area (Å²) < 4.78 is 0. The van der Waals surface area contributed by atoms with Gasteiger partial charge in [0, 0.05) is 49.8 Å². The van der Waals surface area contributed by atoms with E-state index < -0.39 is 0 Å². The number of rotatable bonds is 1. The van der Waals surface area contributed by atoms with Crippen LogP contribution in [0.1, 0.15) is 34.6 Å². The molecule has 0 radical (unpaired) electrons. The van der Waals surface area contributed by atoms with Gasteiger partial charge in [0.1, 0.15) is 12.4 Å². The van der Waals surface area contributed by atoms with Gasteiger partial charge in [-0.15, -0.1) is 0 Å². The van der Waals surface area contributed by atoms with Crippen LogP contribution >= 0.6 is 0 Å². The van der Waals surface area contributed by atoms with E-state index in [2.05, 4.69) is 15.3 Å². The van der Waals surface area contributed by atoms with Gasteiger partial charge in [-0.1, -0.05) is 6.07 Å². The Bertz CT molecular complexity index is 839. The predicted molar refractivity (Wildman–Crippen MR) is 108 cm³/mol. The van der Waals surface area contributed by atoms with E-state index in [0.29, 0.717) is 25.2 Å². The second-order valence-electron chi connectivity index (χ2n) is 7.13. The third kappa shape index (κ3) is 5.28. The lowest BCUT2D eigenvalue weighted by Crippen LogP contribution is -2.43. The topological polar surface area (TPSA) is 78.4 Å². The molecule has 2 amide bonds. The molecule has 7 nitrogen and oxygen atoms in total. The van der Waals surface area contributed by atoms with Crippen molar-refractivity contribution in [3.05, 3.63) is 53.5 Å². The fraction of sp³-hybridized carbons (Fsp3) is 0.429. The number of amides is 2. The lowest BCUT2D eigenvalue weighted by Gasteiger charge is -2.26. The number of aryl methyl sites for hydroxylation is 2. The highest BCUT2D eigenvalue weighted by Gasteiger charge is 2.21. The number of likely N-dealkylation sites (N-methyl/N-ethyl adjacent to an activating group) is 1. The summed E-state index contributed by atoms with van der Waals surface area (Å²) in [4.78, 5) is 37.7. The number of hydrogen-bond acceptors (Lipinski definition) is 5. The van der Waals surface area contributed by atoms with Gasteiger partial charge in [-0.25, -0.2) is 4.98 Å². The summed E-state index contributed by atoms with van der Waals surface area (Å²) >= 11 is 0. The van der Waals surface area contributed by atoms with Crippen LogP contribution in [0.2, 0.25) is 0 Å². The van der Waals surface area contributed by atoms with Crippen LogP contribution in [-0.4, -0.2) is 64.8 Å². The molecule has 1 aliphatic rings. The van der Waals surface area contributed by atoms with Crippen molar-refractivity contribution in [2.75, 3.05) is 38.5 Å². The number of nitrogens with zero attached hydrogens (tertiary/aromatic N) is 4. The zero-order valence-corrected chi connectivity index (χ0v) is 16.5. The summed E-state index contributed by atoms with van der Waals surface area (Å²) in [6.45, 7) is 3.63. The summed E-state index contributed by atoms with van der Waals surface area (Å²) in [7, 11) is 1.76. The molecular formula is C21H27N5O2. The molecule has 0 aliphatic carbocycles. The van der Waals surface area contributed by atoms with Crippen LogP contribution in [0.4, 0.5) is 5.82 Å². The van der Waals surface area contributed by atoms with Crippen LogP contribution in [0.15, 0.2) is 36.5 Å². The average Bonchev–Trinajstić information content (AvgIpc) is 2.69. The Morgan fingerprint density at radius 3 is 2.86 bits per heavy atom. The largest absolute Gasteiger partial charge is 0.368 e. The van der Waals surface area contributed by atoms with Crippen LogP contribution in [-0.2, 0) is 11.2 Å². The molecule has 3 heterocycles. The molecule has 148 valence electrons. The molecule has 2 aromatic rings. The molecule has 2 bridgehead atoms. The van der Waals surface area contributed by atoms with Crippen molar-refractivity contribution >= 4 is 17.6 Å². The van der Waals surface area contributed by atoms with E-state index in [0.717, 1.165) is 36.5 Å². The molecule has 3 rings (SSSR count). The van der Waals surface area contributed by atoms with Crippen LogP contribution in [0.3, 0.4) is 0 Å². The van der Waals surface area contributed by atoms with Crippen LogP contribution in [0.5, 0.6) is 0 Å². The molecule has 0 unspecified atom stereocenters. The Kier molecular flexibility index (Phi) is 6.57. The highest BCUT2D eigenvalue weighted by atomic mass is 16.2. The first-order valence-corrected chi connectivity index (χ1v) is 9.68. The molecule has 0 aromatic carbocycles. The number of fused-ring (bicyclic) bond motifs is 2. The molecule has 0 spiro atoms. The minimum absolute atomic E-state index is 0.0697. The van der Waals surface area contributed by atoms with Crippen LogP contribution in [0, 0.1) is 6.92 Å². The summed E-state index contributed by atoms with van der Waals surface area (Å²) in [5, 5.41) is 3.26. The molecule has 0 saturated carbocycles. The summed E-state index contributed by atoms with van der Waals surface area (Å²) in [6, 6.07) is 9.42. The standard InChI is InChI=1S/C21H27N5O2/c1-16-14-17(9-10-22-16)21(28)26-12-4-3-6-18-7-5-8-19(24-18)23-11-13-25(2)20(27)15-26/h5,7-10,14H,3-4,6,11-13,15H2,1-2H3,(H,23,24). The van der Waals surface area contributed by atoms with Crippen molar-refractivity contribution in [3.63, 3.8) is 0 Å². The second kappa shape index (κ2) is 9.30. The smallest absolute Gasteiger partial charge is 0.254 e. The zero-order chi connectivity index (χ0) is 19.9. The van der Waals surface area contributed by atoms with E-state index in [1.54, 1.807) is 35.2 Å². The average molecular weight is 381 g/mol. The molecule has 0 fully saturated rings. The maximum atomic E-state index is 13.0. The summed E-state index contributed by atoms with van der Waals surface area (Å²) in [5.74, 6) is 0.637. The Hall–Kier alpha value is -2.96. The number of aromatic nitrogens is 2. The fourth-order valence-electron chi connectivity index (χ4n) is 3.20. The molecule has 7 heteroatoms. The van der Waals surface area contributed by atoms with Crippen molar-refractivity contribution in [1.82, 2.24) is 19.8 Å².